The Balaban J connectivity index is 1.70. The van der Waals surface area contributed by atoms with E-state index in [1.165, 1.54) is 17.1 Å². The molecule has 2 aromatic heterocycles. The van der Waals surface area contributed by atoms with Crippen LogP contribution in [0.3, 0.4) is 0 Å². The van der Waals surface area contributed by atoms with Crippen LogP contribution in [-0.4, -0.2) is 30.8 Å². The van der Waals surface area contributed by atoms with Gasteiger partial charge in [-0.05, 0) is 30.7 Å². The third kappa shape index (κ3) is 3.34. The number of H-pyrrole nitrogens is 1. The SMILES string of the molecule is Cc1cc2[nH]c(-n3cc(C(=O)O)cn3)nc2cc1Oc1ccc(Cl)c(Cl)c1. The molecule has 2 N–H and O–H groups in total. The molecule has 9 heteroatoms. The highest BCUT2D eigenvalue weighted by Gasteiger charge is 2.13. The Bertz CT molecular complexity index is 1180. The number of halogens is 2. The molecule has 27 heavy (non-hydrogen) atoms. The molecule has 2 aromatic carbocycles. The smallest absolute Gasteiger partial charge is 0.338 e. The molecule has 0 amide bonds. The van der Waals surface area contributed by atoms with Crippen molar-refractivity contribution in [2.75, 3.05) is 0 Å². The third-order valence-electron chi connectivity index (χ3n) is 3.93. The summed E-state index contributed by atoms with van der Waals surface area (Å²) < 4.78 is 7.28. The minimum atomic E-state index is -1.05. The van der Waals surface area contributed by atoms with Gasteiger partial charge in [0.2, 0.25) is 5.95 Å². The van der Waals surface area contributed by atoms with Gasteiger partial charge in [-0.25, -0.2) is 14.5 Å². The summed E-state index contributed by atoms with van der Waals surface area (Å²) in [6, 6.07) is 8.71. The topological polar surface area (TPSA) is 93.0 Å². The van der Waals surface area contributed by atoms with Crippen LogP contribution in [0.1, 0.15) is 15.9 Å². The van der Waals surface area contributed by atoms with Gasteiger partial charge in [0.1, 0.15) is 11.5 Å². The molecule has 0 aliphatic carbocycles. The summed E-state index contributed by atoms with van der Waals surface area (Å²) >= 11 is 12.0. The fourth-order valence-corrected chi connectivity index (χ4v) is 2.86. The summed E-state index contributed by atoms with van der Waals surface area (Å²) in [5.41, 5.74) is 2.39. The van der Waals surface area contributed by atoms with Crippen molar-refractivity contribution in [1.82, 2.24) is 19.7 Å². The highest BCUT2D eigenvalue weighted by molar-refractivity contribution is 6.42. The lowest BCUT2D eigenvalue weighted by Gasteiger charge is -2.09. The first-order valence-electron chi connectivity index (χ1n) is 7.82. The lowest BCUT2D eigenvalue weighted by atomic mass is 10.2. The maximum absolute atomic E-state index is 11.0. The quantitative estimate of drug-likeness (QED) is 0.508. The molecule has 0 spiro atoms. The number of aromatic carboxylic acids is 1. The number of hydrogen-bond acceptors (Lipinski definition) is 4. The molecule has 0 saturated carbocycles. The largest absolute Gasteiger partial charge is 0.478 e. The number of aromatic nitrogens is 4. The van der Waals surface area contributed by atoms with Gasteiger partial charge in [-0.15, -0.1) is 0 Å². The molecule has 0 saturated heterocycles. The fraction of sp³-hybridized carbons (Fsp3) is 0.0556. The number of carbonyl (C=O) groups is 1. The van der Waals surface area contributed by atoms with E-state index in [1.807, 2.05) is 13.0 Å². The van der Waals surface area contributed by atoms with Crippen LogP contribution in [0.25, 0.3) is 17.0 Å². The van der Waals surface area contributed by atoms with E-state index in [0.717, 1.165) is 11.1 Å². The average Bonchev–Trinajstić information content (AvgIpc) is 3.25. The number of rotatable bonds is 4. The van der Waals surface area contributed by atoms with Crippen molar-refractivity contribution in [3.05, 3.63) is 63.9 Å². The predicted octanol–water partition coefficient (Wildman–Crippen LogP) is 4.85. The number of imidazole rings is 1. The van der Waals surface area contributed by atoms with E-state index in [4.69, 9.17) is 33.0 Å². The van der Waals surface area contributed by atoms with Crippen molar-refractivity contribution in [2.45, 2.75) is 6.92 Å². The zero-order valence-corrected chi connectivity index (χ0v) is 15.4. The second kappa shape index (κ2) is 6.61. The Hall–Kier alpha value is -3.03. The second-order valence-corrected chi connectivity index (χ2v) is 6.67. The molecule has 0 radical (unpaired) electrons. The highest BCUT2D eigenvalue weighted by Crippen LogP contribution is 2.32. The van der Waals surface area contributed by atoms with Gasteiger partial charge < -0.3 is 14.8 Å². The lowest BCUT2D eigenvalue weighted by molar-refractivity contribution is 0.0697. The van der Waals surface area contributed by atoms with Gasteiger partial charge in [-0.1, -0.05) is 23.2 Å². The molecule has 0 unspecified atom stereocenters. The number of benzene rings is 2. The Morgan fingerprint density at radius 1 is 1.22 bits per heavy atom. The van der Waals surface area contributed by atoms with Crippen LogP contribution in [0.15, 0.2) is 42.7 Å². The standard InChI is InChI=1S/C18H12Cl2N4O3/c1-9-4-14-15(6-16(9)27-11-2-3-12(19)13(20)5-11)23-18(22-14)24-8-10(7-21-24)17(25)26/h2-8H,1H3,(H,22,23)(H,25,26). The molecule has 4 aromatic rings. The number of aromatic amines is 1. The number of fused-ring (bicyclic) bond motifs is 1. The molecular formula is C18H12Cl2N4O3. The summed E-state index contributed by atoms with van der Waals surface area (Å²) in [5, 5.41) is 13.9. The number of nitrogens with one attached hydrogen (secondary N) is 1. The molecule has 136 valence electrons. The van der Waals surface area contributed by atoms with Crippen LogP contribution in [0.4, 0.5) is 0 Å². The van der Waals surface area contributed by atoms with Crippen LogP contribution in [0.2, 0.25) is 10.0 Å². The van der Waals surface area contributed by atoms with Gasteiger partial charge in [0.05, 0.1) is 32.8 Å². The van der Waals surface area contributed by atoms with Gasteiger partial charge >= 0.3 is 5.97 Å². The van der Waals surface area contributed by atoms with E-state index in [2.05, 4.69) is 15.1 Å². The molecule has 0 bridgehead atoms. The maximum Gasteiger partial charge on any atom is 0.338 e. The van der Waals surface area contributed by atoms with Gasteiger partial charge in [0.25, 0.3) is 0 Å². The van der Waals surface area contributed by atoms with Crippen LogP contribution in [-0.2, 0) is 0 Å². The summed E-state index contributed by atoms with van der Waals surface area (Å²) in [5.74, 6) is 0.528. The maximum atomic E-state index is 11.0. The second-order valence-electron chi connectivity index (χ2n) is 5.85. The number of ether oxygens (including phenoxy) is 1. The van der Waals surface area contributed by atoms with E-state index in [1.54, 1.807) is 24.3 Å². The Morgan fingerprint density at radius 2 is 2.04 bits per heavy atom. The number of hydrogen-bond donors (Lipinski definition) is 2. The van der Waals surface area contributed by atoms with Crippen LogP contribution in [0, 0.1) is 6.92 Å². The average molecular weight is 403 g/mol. The van der Waals surface area contributed by atoms with E-state index in [0.29, 0.717) is 33.0 Å². The molecule has 4 rings (SSSR count). The van der Waals surface area contributed by atoms with E-state index >= 15 is 0 Å². The van der Waals surface area contributed by atoms with Gasteiger partial charge in [0.15, 0.2) is 0 Å². The molecule has 7 nitrogen and oxygen atoms in total. The first-order valence-corrected chi connectivity index (χ1v) is 8.58. The minimum Gasteiger partial charge on any atom is -0.478 e. The lowest BCUT2D eigenvalue weighted by Crippen LogP contribution is -1.97. The number of nitrogens with zero attached hydrogens (tertiary/aromatic N) is 3. The Labute approximate surface area is 163 Å². The van der Waals surface area contributed by atoms with E-state index < -0.39 is 5.97 Å². The summed E-state index contributed by atoms with van der Waals surface area (Å²) in [4.78, 5) is 18.6. The van der Waals surface area contributed by atoms with Crippen molar-refractivity contribution in [3.63, 3.8) is 0 Å². The summed E-state index contributed by atoms with van der Waals surface area (Å²) in [6.07, 6.45) is 2.65. The first-order chi connectivity index (χ1) is 12.9. The monoisotopic (exact) mass is 402 g/mol. The summed E-state index contributed by atoms with van der Waals surface area (Å²) in [6.45, 7) is 1.91. The van der Waals surface area contributed by atoms with Crippen molar-refractivity contribution < 1.29 is 14.6 Å². The van der Waals surface area contributed by atoms with Gasteiger partial charge in [-0.2, -0.15) is 5.10 Å². The molecule has 0 aliphatic heterocycles. The third-order valence-corrected chi connectivity index (χ3v) is 4.67. The number of aryl methyl sites for hydroxylation is 1. The normalized spacial score (nSPS) is 11.1. The fourth-order valence-electron chi connectivity index (χ4n) is 2.57. The molecule has 0 fully saturated rings. The number of carboxylic acids is 1. The Morgan fingerprint density at radius 3 is 2.74 bits per heavy atom. The van der Waals surface area contributed by atoms with E-state index in [9.17, 15) is 4.79 Å². The van der Waals surface area contributed by atoms with Gasteiger partial charge in [-0.3, -0.25) is 0 Å². The predicted molar refractivity (Wildman–Crippen MR) is 101 cm³/mol. The van der Waals surface area contributed by atoms with Crippen molar-refractivity contribution in [3.8, 4) is 17.4 Å². The van der Waals surface area contributed by atoms with Crippen LogP contribution in [0.5, 0.6) is 11.5 Å². The molecular weight excluding hydrogens is 391 g/mol. The van der Waals surface area contributed by atoms with Crippen LogP contribution >= 0.6 is 23.2 Å². The van der Waals surface area contributed by atoms with Crippen molar-refractivity contribution in [2.24, 2.45) is 0 Å². The zero-order chi connectivity index (χ0) is 19.1. The van der Waals surface area contributed by atoms with E-state index in [-0.39, 0.29) is 5.56 Å². The number of carboxylic acid groups (broad SMARTS) is 1. The van der Waals surface area contributed by atoms with Crippen molar-refractivity contribution >= 4 is 40.2 Å². The zero-order valence-electron chi connectivity index (χ0n) is 13.9. The molecule has 2 heterocycles. The first kappa shape index (κ1) is 17.4. The van der Waals surface area contributed by atoms with Crippen LogP contribution < -0.4 is 4.74 Å². The molecule has 0 atom stereocenters. The summed E-state index contributed by atoms with van der Waals surface area (Å²) in [7, 11) is 0. The highest BCUT2D eigenvalue weighted by atomic mass is 35.5. The van der Waals surface area contributed by atoms with Gasteiger partial charge in [0, 0.05) is 18.3 Å². The Kier molecular flexibility index (Phi) is 4.25. The molecule has 0 aliphatic rings. The van der Waals surface area contributed by atoms with Crippen molar-refractivity contribution in [1.29, 1.82) is 0 Å². The minimum absolute atomic E-state index is 0.0790.